The zero-order valence-electron chi connectivity index (χ0n) is 19.2. The fourth-order valence-electron chi connectivity index (χ4n) is 4.74. The first-order valence-electron chi connectivity index (χ1n) is 11.4. The third kappa shape index (κ3) is 4.28. The molecule has 2 heterocycles. The number of fused-ring (bicyclic) bond motifs is 1. The molecule has 0 saturated carbocycles. The van der Waals surface area contributed by atoms with E-state index >= 15 is 0 Å². The van der Waals surface area contributed by atoms with Crippen LogP contribution in [0.2, 0.25) is 0 Å². The molecule has 0 radical (unpaired) electrons. The van der Waals surface area contributed by atoms with E-state index in [1.807, 2.05) is 84.9 Å². The van der Waals surface area contributed by atoms with Gasteiger partial charge in [0.25, 0.3) is 5.91 Å². The summed E-state index contributed by atoms with van der Waals surface area (Å²) in [6, 6.07) is 27.1. The zero-order valence-corrected chi connectivity index (χ0v) is 19.2. The van der Waals surface area contributed by atoms with Crippen LogP contribution in [0.25, 0.3) is 0 Å². The Hall–Kier alpha value is -4.39. The van der Waals surface area contributed by atoms with Gasteiger partial charge in [-0.05, 0) is 28.8 Å². The lowest BCUT2D eigenvalue weighted by Crippen LogP contribution is -2.46. The van der Waals surface area contributed by atoms with Crippen molar-refractivity contribution in [3.63, 3.8) is 0 Å². The van der Waals surface area contributed by atoms with Crippen LogP contribution in [0.4, 0.5) is 0 Å². The largest absolute Gasteiger partial charge is 0.502 e. The Bertz CT molecular complexity index is 1350. The van der Waals surface area contributed by atoms with E-state index in [2.05, 4.69) is 5.10 Å². The number of aromatic nitrogens is 2. The lowest BCUT2D eigenvalue weighted by Gasteiger charge is -2.39. The SMILES string of the molecule is COc1ccc(CN2C[C@H](C(c3ccccc3)c3ccccc3)n3ncc(=O)c(O)c3C2=O)cc1. The van der Waals surface area contributed by atoms with Crippen molar-refractivity contribution in [2.45, 2.75) is 18.5 Å². The monoisotopic (exact) mass is 467 g/mol. The summed E-state index contributed by atoms with van der Waals surface area (Å²) in [5.41, 5.74) is 2.25. The Balaban J connectivity index is 1.63. The highest BCUT2D eigenvalue weighted by Gasteiger charge is 2.39. The van der Waals surface area contributed by atoms with Crippen LogP contribution in [-0.2, 0) is 6.54 Å². The standard InChI is InChI=1S/C28H25N3O4/c1-35-22-14-12-19(13-15-22)17-30-18-23(31-26(28(30)34)27(33)24(32)16-29-31)25(20-8-4-2-5-9-20)21-10-6-3-7-11-21/h2-16,23,25,33H,17-18H2,1H3/t23-/m1/s1. The Labute approximate surface area is 202 Å². The number of ether oxygens (including phenoxy) is 1. The van der Waals surface area contributed by atoms with Crippen LogP contribution in [0, 0.1) is 0 Å². The molecule has 35 heavy (non-hydrogen) atoms. The summed E-state index contributed by atoms with van der Waals surface area (Å²) >= 11 is 0. The highest BCUT2D eigenvalue weighted by Crippen LogP contribution is 2.39. The van der Waals surface area contributed by atoms with E-state index in [4.69, 9.17) is 4.74 Å². The zero-order chi connectivity index (χ0) is 24.4. The average molecular weight is 468 g/mol. The Kier molecular flexibility index (Phi) is 6.06. The lowest BCUT2D eigenvalue weighted by molar-refractivity contribution is 0.0618. The molecule has 1 N–H and O–H groups in total. The predicted molar refractivity (Wildman–Crippen MR) is 132 cm³/mol. The van der Waals surface area contributed by atoms with E-state index in [-0.39, 0.29) is 17.7 Å². The van der Waals surface area contributed by atoms with Crippen molar-refractivity contribution in [2.75, 3.05) is 13.7 Å². The van der Waals surface area contributed by atoms with Crippen LogP contribution < -0.4 is 10.2 Å². The second-order valence-electron chi connectivity index (χ2n) is 8.55. The maximum Gasteiger partial charge on any atom is 0.276 e. The first-order chi connectivity index (χ1) is 17.1. The number of carbonyl (C=O) groups is 1. The molecule has 1 aliphatic heterocycles. The average Bonchev–Trinajstić information content (AvgIpc) is 2.90. The fraction of sp³-hybridized carbons (Fsp3) is 0.179. The molecule has 5 rings (SSSR count). The quantitative estimate of drug-likeness (QED) is 0.464. The van der Waals surface area contributed by atoms with Gasteiger partial charge in [0, 0.05) is 19.0 Å². The molecule has 0 unspecified atom stereocenters. The molecule has 1 atom stereocenters. The van der Waals surface area contributed by atoms with Crippen molar-refractivity contribution < 1.29 is 14.6 Å². The molecule has 0 aliphatic carbocycles. The Morgan fingerprint density at radius 3 is 2.11 bits per heavy atom. The van der Waals surface area contributed by atoms with Gasteiger partial charge in [-0.25, -0.2) is 0 Å². The van der Waals surface area contributed by atoms with Gasteiger partial charge in [0.2, 0.25) is 5.43 Å². The number of benzene rings is 3. The Morgan fingerprint density at radius 2 is 1.54 bits per heavy atom. The first-order valence-corrected chi connectivity index (χ1v) is 11.4. The van der Waals surface area contributed by atoms with Gasteiger partial charge in [-0.15, -0.1) is 0 Å². The van der Waals surface area contributed by atoms with E-state index in [1.54, 1.807) is 12.0 Å². The molecule has 0 spiro atoms. The van der Waals surface area contributed by atoms with Crippen LogP contribution in [0.1, 0.15) is 39.1 Å². The summed E-state index contributed by atoms with van der Waals surface area (Å²) in [6.07, 6.45) is 1.07. The third-order valence-electron chi connectivity index (χ3n) is 6.43. The van der Waals surface area contributed by atoms with Crippen LogP contribution in [0.5, 0.6) is 11.5 Å². The highest BCUT2D eigenvalue weighted by molar-refractivity contribution is 5.95. The van der Waals surface area contributed by atoms with E-state index in [0.717, 1.165) is 28.6 Å². The molecule has 0 saturated heterocycles. The smallest absolute Gasteiger partial charge is 0.276 e. The van der Waals surface area contributed by atoms with Crippen molar-refractivity contribution in [1.82, 2.24) is 14.7 Å². The van der Waals surface area contributed by atoms with Crippen molar-refractivity contribution in [1.29, 1.82) is 0 Å². The molecule has 7 heteroatoms. The highest BCUT2D eigenvalue weighted by atomic mass is 16.5. The minimum Gasteiger partial charge on any atom is -0.502 e. The van der Waals surface area contributed by atoms with Gasteiger partial charge in [-0.2, -0.15) is 5.10 Å². The summed E-state index contributed by atoms with van der Waals surface area (Å²) < 4.78 is 6.76. The van der Waals surface area contributed by atoms with Crippen LogP contribution in [0.3, 0.4) is 0 Å². The van der Waals surface area contributed by atoms with Crippen molar-refractivity contribution >= 4 is 5.91 Å². The number of aromatic hydroxyl groups is 1. The lowest BCUT2D eigenvalue weighted by atomic mass is 9.83. The maximum absolute atomic E-state index is 13.5. The minimum atomic E-state index is -0.675. The molecule has 176 valence electrons. The summed E-state index contributed by atoms with van der Waals surface area (Å²) in [5.74, 6) is -0.450. The van der Waals surface area contributed by atoms with Crippen molar-refractivity contribution in [3.8, 4) is 11.5 Å². The van der Waals surface area contributed by atoms with Gasteiger partial charge in [-0.3, -0.25) is 14.3 Å². The molecule has 1 aromatic heterocycles. The predicted octanol–water partition coefficient (Wildman–Crippen LogP) is 3.99. The molecule has 1 aliphatic rings. The van der Waals surface area contributed by atoms with E-state index in [1.165, 1.54) is 4.68 Å². The number of carbonyl (C=O) groups excluding carboxylic acids is 1. The third-order valence-corrected chi connectivity index (χ3v) is 6.43. The van der Waals surface area contributed by atoms with Crippen LogP contribution >= 0.6 is 0 Å². The second kappa shape index (κ2) is 9.46. The summed E-state index contributed by atoms with van der Waals surface area (Å²) in [7, 11) is 1.60. The molecule has 1 amide bonds. The Morgan fingerprint density at radius 1 is 0.943 bits per heavy atom. The van der Waals surface area contributed by atoms with Gasteiger partial charge in [-0.1, -0.05) is 72.8 Å². The van der Waals surface area contributed by atoms with Crippen LogP contribution in [-0.4, -0.2) is 39.3 Å². The number of methoxy groups -OCH3 is 1. The number of amides is 1. The molecule has 0 fully saturated rings. The summed E-state index contributed by atoms with van der Waals surface area (Å²) in [5, 5.41) is 15.0. The minimum absolute atomic E-state index is 0.0841. The fourth-order valence-corrected chi connectivity index (χ4v) is 4.74. The van der Waals surface area contributed by atoms with Gasteiger partial charge < -0.3 is 14.7 Å². The van der Waals surface area contributed by atoms with E-state index < -0.39 is 17.1 Å². The molecular formula is C28H25N3O4. The van der Waals surface area contributed by atoms with Crippen molar-refractivity contribution in [3.05, 3.63) is 124 Å². The first kappa shape index (κ1) is 22.4. The topological polar surface area (TPSA) is 84.7 Å². The molecule has 7 nitrogen and oxygen atoms in total. The van der Waals surface area contributed by atoms with Gasteiger partial charge in [0.05, 0.1) is 19.3 Å². The number of hydrogen-bond donors (Lipinski definition) is 1. The normalized spacial score (nSPS) is 15.2. The number of rotatable bonds is 6. The molecule has 0 bridgehead atoms. The number of nitrogens with zero attached hydrogens (tertiary/aromatic N) is 3. The molecular weight excluding hydrogens is 442 g/mol. The molecule has 4 aromatic rings. The van der Waals surface area contributed by atoms with Crippen LogP contribution in [0.15, 0.2) is 95.9 Å². The van der Waals surface area contributed by atoms with E-state index in [9.17, 15) is 14.7 Å². The van der Waals surface area contributed by atoms with Gasteiger partial charge in [0.1, 0.15) is 5.75 Å². The van der Waals surface area contributed by atoms with Gasteiger partial charge >= 0.3 is 0 Å². The summed E-state index contributed by atoms with van der Waals surface area (Å²) in [6.45, 7) is 0.666. The van der Waals surface area contributed by atoms with Crippen molar-refractivity contribution in [2.24, 2.45) is 0 Å². The summed E-state index contributed by atoms with van der Waals surface area (Å²) in [4.78, 5) is 27.4. The molecule has 3 aromatic carbocycles. The maximum atomic E-state index is 13.5. The van der Waals surface area contributed by atoms with E-state index in [0.29, 0.717) is 13.1 Å². The van der Waals surface area contributed by atoms with Gasteiger partial charge in [0.15, 0.2) is 11.4 Å². The number of hydrogen-bond acceptors (Lipinski definition) is 5. The second-order valence-corrected chi connectivity index (χ2v) is 8.55.